The maximum Gasteiger partial charge on any atom is 0.407 e. The average molecular weight is 913 g/mol. The second-order valence-electron chi connectivity index (χ2n) is 16.2. The number of alkyl carbamates (subject to hydrolysis) is 2. The van der Waals surface area contributed by atoms with Crippen molar-refractivity contribution >= 4 is 78.4 Å². The van der Waals surface area contributed by atoms with Crippen molar-refractivity contribution in [3.05, 3.63) is 81.8 Å². The molecule has 0 spiro atoms. The van der Waals surface area contributed by atoms with Crippen molar-refractivity contribution in [3.63, 3.8) is 0 Å². The van der Waals surface area contributed by atoms with Crippen LogP contribution in [0.3, 0.4) is 0 Å². The highest BCUT2D eigenvalue weighted by molar-refractivity contribution is 7.92. The minimum atomic E-state index is -3.89. The number of ether oxygens (including phenoxy) is 2. The van der Waals surface area contributed by atoms with Gasteiger partial charge in [0.05, 0.1) is 22.4 Å². The Hall–Kier alpha value is -4.33. The van der Waals surface area contributed by atoms with E-state index in [0.29, 0.717) is 28.7 Å². The van der Waals surface area contributed by atoms with Gasteiger partial charge in [-0.1, -0.05) is 35.3 Å². The minimum Gasteiger partial charge on any atom is -0.444 e. The van der Waals surface area contributed by atoms with E-state index in [1.165, 1.54) is 41.7 Å². The summed E-state index contributed by atoms with van der Waals surface area (Å²) in [6, 6.07) is 15.7. The monoisotopic (exact) mass is 911 g/mol. The van der Waals surface area contributed by atoms with Crippen molar-refractivity contribution in [3.8, 4) is 0 Å². The molecule has 0 saturated carbocycles. The lowest BCUT2D eigenvalue weighted by Gasteiger charge is -2.35. The van der Waals surface area contributed by atoms with Crippen LogP contribution in [0.2, 0.25) is 10.0 Å². The highest BCUT2D eigenvalue weighted by Crippen LogP contribution is 2.30. The molecule has 1 saturated heterocycles. The van der Waals surface area contributed by atoms with Gasteiger partial charge in [0.2, 0.25) is 20.0 Å². The second-order valence-corrected chi connectivity index (χ2v) is 21.0. The van der Waals surface area contributed by atoms with E-state index in [-0.39, 0.29) is 67.6 Å². The maximum absolute atomic E-state index is 14.2. The Kier molecular flexibility index (Phi) is 16.1. The number of piperazine rings is 1. The molecule has 0 aromatic heterocycles. The molecule has 330 valence electrons. The van der Waals surface area contributed by atoms with Crippen LogP contribution in [0.4, 0.5) is 26.7 Å². The van der Waals surface area contributed by atoms with Gasteiger partial charge in [0.1, 0.15) is 11.2 Å². The van der Waals surface area contributed by atoms with Gasteiger partial charge in [0.25, 0.3) is 5.91 Å². The van der Waals surface area contributed by atoms with Crippen LogP contribution < -0.4 is 25.2 Å². The first kappa shape index (κ1) is 48.3. The third-order valence-electron chi connectivity index (χ3n) is 8.98. The molecule has 4 rings (SSSR count). The molecular formula is C40H55Cl2N7O9S2. The first-order chi connectivity index (χ1) is 27.8. The topological polar surface area (TPSA) is 187 Å². The lowest BCUT2D eigenvalue weighted by atomic mass is 10.0. The van der Waals surface area contributed by atoms with Gasteiger partial charge in [-0.15, -0.1) is 0 Å². The number of halogens is 2. The number of sulfonamides is 2. The van der Waals surface area contributed by atoms with Crippen molar-refractivity contribution in [1.29, 1.82) is 0 Å². The summed E-state index contributed by atoms with van der Waals surface area (Å²) in [5, 5.41) is 9.21. The number of benzene rings is 3. The molecule has 16 nitrogen and oxygen atoms in total. The number of rotatable bonds is 15. The van der Waals surface area contributed by atoms with Crippen molar-refractivity contribution in [2.24, 2.45) is 0 Å². The Morgan fingerprint density at radius 1 is 0.767 bits per heavy atom. The molecule has 3 N–H and O–H groups in total. The van der Waals surface area contributed by atoms with E-state index < -0.39 is 49.3 Å². The van der Waals surface area contributed by atoms with Crippen molar-refractivity contribution < 1.29 is 40.7 Å². The van der Waals surface area contributed by atoms with E-state index in [4.69, 9.17) is 32.7 Å². The van der Waals surface area contributed by atoms with Crippen LogP contribution >= 0.6 is 23.2 Å². The van der Waals surface area contributed by atoms with Gasteiger partial charge in [-0.05, 0) is 95.6 Å². The van der Waals surface area contributed by atoms with Crippen molar-refractivity contribution in [2.75, 3.05) is 80.2 Å². The van der Waals surface area contributed by atoms with E-state index in [1.54, 1.807) is 71.9 Å². The Balaban J connectivity index is 1.55. The molecule has 0 atom stereocenters. The zero-order chi connectivity index (χ0) is 44.6. The molecule has 1 heterocycles. The number of anilines is 3. The highest BCUT2D eigenvalue weighted by atomic mass is 35.5. The Morgan fingerprint density at radius 3 is 1.77 bits per heavy atom. The normalized spacial score (nSPS) is 14.1. The summed E-state index contributed by atoms with van der Waals surface area (Å²) < 4.78 is 66.0. The zero-order valence-electron chi connectivity index (χ0n) is 35.2. The molecule has 0 unspecified atom stereocenters. The molecule has 60 heavy (non-hydrogen) atoms. The van der Waals surface area contributed by atoms with Crippen molar-refractivity contribution in [2.45, 2.75) is 64.2 Å². The molecular weight excluding hydrogens is 858 g/mol. The Labute approximate surface area is 363 Å². The third-order valence-corrected chi connectivity index (χ3v) is 12.5. The van der Waals surface area contributed by atoms with E-state index in [1.807, 2.05) is 9.80 Å². The zero-order valence-corrected chi connectivity index (χ0v) is 38.3. The fourth-order valence-corrected chi connectivity index (χ4v) is 8.60. The molecule has 20 heteroatoms. The number of hydrogen-bond donors (Lipinski definition) is 3. The van der Waals surface area contributed by atoms with Gasteiger partial charge in [0, 0.05) is 87.4 Å². The standard InChI is InChI=1S/C40H55Cl2N7O9S2/c1-39(2,3)57-37(51)43-16-18-47(19-17-44-38(52)58-40(4,5)6)27-28-10-9-11-34(46(7)59(8,53)54)35(28)36(50)45-31-12-14-33(15-13-31)60(55,56)49-22-20-48(21-23-49)32-25-29(41)24-30(42)26-32/h9-15,24-26H,16-23,27H2,1-8H3,(H,43,51)(H,44,52)(H,45,50). The van der Waals surface area contributed by atoms with E-state index in [0.717, 1.165) is 16.2 Å². The molecule has 1 aliphatic rings. The molecule has 0 bridgehead atoms. The summed E-state index contributed by atoms with van der Waals surface area (Å²) in [6.45, 7) is 12.7. The van der Waals surface area contributed by atoms with Gasteiger partial charge in [-0.3, -0.25) is 14.0 Å². The predicted octanol–water partition coefficient (Wildman–Crippen LogP) is 6.00. The second kappa shape index (κ2) is 20.0. The summed E-state index contributed by atoms with van der Waals surface area (Å²) >= 11 is 12.4. The maximum atomic E-state index is 14.2. The van der Waals surface area contributed by atoms with E-state index in [9.17, 15) is 31.2 Å². The van der Waals surface area contributed by atoms with Crippen LogP contribution in [0.25, 0.3) is 0 Å². The average Bonchev–Trinajstić information content (AvgIpc) is 3.12. The largest absolute Gasteiger partial charge is 0.444 e. The fourth-order valence-electron chi connectivity index (χ4n) is 6.15. The van der Waals surface area contributed by atoms with Crippen LogP contribution in [0.1, 0.15) is 57.5 Å². The summed E-state index contributed by atoms with van der Waals surface area (Å²) in [5.74, 6) is -0.650. The number of carbonyl (C=O) groups is 3. The molecule has 3 aromatic carbocycles. The minimum absolute atomic E-state index is 0.0354. The Bertz CT molecular complexity index is 2170. The number of nitrogens with one attached hydrogen (secondary N) is 3. The summed E-state index contributed by atoms with van der Waals surface area (Å²) in [7, 11) is -6.38. The number of carbonyl (C=O) groups excluding carboxylic acids is 3. The fraction of sp³-hybridized carbons (Fsp3) is 0.475. The van der Waals surface area contributed by atoms with Crippen LogP contribution in [0, 0.1) is 0 Å². The predicted molar refractivity (Wildman–Crippen MR) is 235 cm³/mol. The summed E-state index contributed by atoms with van der Waals surface area (Å²) in [4.78, 5) is 43.0. The van der Waals surface area contributed by atoms with Crippen LogP contribution in [0.15, 0.2) is 65.6 Å². The van der Waals surface area contributed by atoms with Crippen LogP contribution in [0.5, 0.6) is 0 Å². The lowest BCUT2D eigenvalue weighted by molar-refractivity contribution is 0.0520. The van der Waals surface area contributed by atoms with Crippen LogP contribution in [-0.4, -0.2) is 121 Å². The van der Waals surface area contributed by atoms with Gasteiger partial charge in [0.15, 0.2) is 0 Å². The van der Waals surface area contributed by atoms with E-state index in [2.05, 4.69) is 16.0 Å². The summed E-state index contributed by atoms with van der Waals surface area (Å²) in [5.41, 5.74) is 0.229. The first-order valence-electron chi connectivity index (χ1n) is 19.2. The van der Waals surface area contributed by atoms with Gasteiger partial charge in [-0.25, -0.2) is 26.4 Å². The highest BCUT2D eigenvalue weighted by Gasteiger charge is 2.30. The number of nitrogens with zero attached hydrogens (tertiary/aromatic N) is 4. The number of amides is 3. The van der Waals surface area contributed by atoms with E-state index >= 15 is 0 Å². The molecule has 0 aliphatic carbocycles. The van der Waals surface area contributed by atoms with Crippen LogP contribution in [-0.2, 0) is 36.1 Å². The number of hydrogen-bond acceptors (Lipinski definition) is 11. The molecule has 3 aromatic rings. The van der Waals surface area contributed by atoms with Gasteiger partial charge < -0.3 is 30.3 Å². The SMILES string of the molecule is CN(c1cccc(CN(CCNC(=O)OC(C)(C)C)CCNC(=O)OC(C)(C)C)c1C(=O)Nc1ccc(S(=O)(=O)N2CCN(c3cc(Cl)cc(Cl)c3)CC2)cc1)S(C)(=O)=O. The summed E-state index contributed by atoms with van der Waals surface area (Å²) in [6.07, 6.45) is -0.219. The van der Waals surface area contributed by atoms with Gasteiger partial charge >= 0.3 is 12.2 Å². The van der Waals surface area contributed by atoms with Crippen molar-refractivity contribution in [1.82, 2.24) is 19.8 Å². The van der Waals surface area contributed by atoms with Gasteiger partial charge in [-0.2, -0.15) is 4.31 Å². The third kappa shape index (κ3) is 14.4. The Morgan fingerprint density at radius 2 is 1.28 bits per heavy atom. The molecule has 1 fully saturated rings. The molecule has 1 aliphatic heterocycles. The smallest absolute Gasteiger partial charge is 0.407 e. The molecule has 3 amide bonds. The quantitative estimate of drug-likeness (QED) is 0.162. The first-order valence-corrected chi connectivity index (χ1v) is 23.2. The molecule has 0 radical (unpaired) electrons. The lowest BCUT2D eigenvalue weighted by Crippen LogP contribution is -2.48.